The molecule has 1 aliphatic heterocycles. The summed E-state index contributed by atoms with van der Waals surface area (Å²) in [6, 6.07) is 8.97. The van der Waals surface area contributed by atoms with E-state index in [0.717, 1.165) is 17.6 Å². The second-order valence-electron chi connectivity index (χ2n) is 6.71. The van der Waals surface area contributed by atoms with Crippen LogP contribution in [0.3, 0.4) is 0 Å². The molecule has 0 aromatic heterocycles. The molecule has 1 aromatic carbocycles. The number of benzene rings is 1. The standard InChI is InChI=1S/C19H26NO4/c1-14(2)12-16-10-11-20(3,17(16)18(21)23-4)19(22)24-13-15-8-6-5-7-9-15/h5-9,16-17H,1,10-13H2,2-4H3/q+1. The molecule has 0 spiro atoms. The number of likely N-dealkylation sites (tertiary alicyclic amines) is 1. The molecule has 0 aliphatic carbocycles. The van der Waals surface area contributed by atoms with Gasteiger partial charge in [-0.25, -0.2) is 9.28 Å². The van der Waals surface area contributed by atoms with Gasteiger partial charge >= 0.3 is 12.1 Å². The van der Waals surface area contributed by atoms with Crippen LogP contribution in [-0.2, 0) is 20.9 Å². The molecule has 3 unspecified atom stereocenters. The minimum Gasteiger partial charge on any atom is -0.465 e. The Kier molecular flexibility index (Phi) is 5.78. The molecule has 3 atom stereocenters. The van der Waals surface area contributed by atoms with Gasteiger partial charge in [0.25, 0.3) is 0 Å². The number of rotatable bonds is 5. The zero-order valence-electron chi connectivity index (χ0n) is 14.7. The van der Waals surface area contributed by atoms with E-state index in [0.29, 0.717) is 13.0 Å². The molecule has 1 aromatic rings. The van der Waals surface area contributed by atoms with Crippen LogP contribution in [-0.4, -0.2) is 43.3 Å². The molecule has 0 bridgehead atoms. The number of likely N-dealkylation sites (N-methyl/N-ethyl adjacent to an activating group) is 1. The lowest BCUT2D eigenvalue weighted by molar-refractivity contribution is -0.843. The van der Waals surface area contributed by atoms with Crippen molar-refractivity contribution in [3.63, 3.8) is 0 Å². The lowest BCUT2D eigenvalue weighted by Gasteiger charge is -2.31. The maximum atomic E-state index is 12.7. The number of nitrogens with zero attached hydrogens (tertiary/aromatic N) is 1. The summed E-state index contributed by atoms with van der Waals surface area (Å²) in [5.74, 6) is -0.317. The van der Waals surface area contributed by atoms with E-state index in [4.69, 9.17) is 9.47 Å². The van der Waals surface area contributed by atoms with Crippen LogP contribution < -0.4 is 0 Å². The van der Waals surface area contributed by atoms with Crippen molar-refractivity contribution in [2.45, 2.75) is 32.4 Å². The second-order valence-corrected chi connectivity index (χ2v) is 6.71. The van der Waals surface area contributed by atoms with E-state index in [1.165, 1.54) is 7.11 Å². The maximum Gasteiger partial charge on any atom is 0.516 e. The van der Waals surface area contributed by atoms with Gasteiger partial charge in [0.2, 0.25) is 6.04 Å². The number of quaternary nitrogens is 1. The van der Waals surface area contributed by atoms with Gasteiger partial charge in [-0.2, -0.15) is 4.79 Å². The first-order chi connectivity index (χ1) is 11.4. The molecule has 1 saturated heterocycles. The van der Waals surface area contributed by atoms with E-state index in [-0.39, 0.29) is 23.0 Å². The summed E-state index contributed by atoms with van der Waals surface area (Å²) in [5, 5.41) is 0. The number of carbonyl (C=O) groups excluding carboxylic acids is 2. The Balaban J connectivity index is 2.13. The van der Waals surface area contributed by atoms with E-state index >= 15 is 0 Å². The number of esters is 1. The van der Waals surface area contributed by atoms with Crippen LogP contribution in [0.4, 0.5) is 4.79 Å². The van der Waals surface area contributed by atoms with Gasteiger partial charge in [0.05, 0.1) is 20.7 Å². The van der Waals surface area contributed by atoms with Crippen molar-refractivity contribution in [3.05, 3.63) is 48.0 Å². The Hall–Kier alpha value is -2.14. The number of carbonyl (C=O) groups is 2. The van der Waals surface area contributed by atoms with E-state index in [9.17, 15) is 9.59 Å². The number of methoxy groups -OCH3 is 1. The Morgan fingerprint density at radius 2 is 1.96 bits per heavy atom. The number of ether oxygens (including phenoxy) is 2. The molecule has 1 amide bonds. The SMILES string of the molecule is C=C(C)CC1CC[N+](C)(C(=O)OCc2ccccc2)C1C(=O)OC. The Morgan fingerprint density at radius 3 is 2.54 bits per heavy atom. The van der Waals surface area contributed by atoms with Crippen LogP contribution in [0.15, 0.2) is 42.5 Å². The van der Waals surface area contributed by atoms with Crippen molar-refractivity contribution in [2.75, 3.05) is 20.7 Å². The molecule has 5 heteroatoms. The van der Waals surface area contributed by atoms with Gasteiger partial charge in [-0.3, -0.25) is 0 Å². The van der Waals surface area contributed by atoms with Crippen LogP contribution in [0.2, 0.25) is 0 Å². The zero-order valence-corrected chi connectivity index (χ0v) is 14.7. The smallest absolute Gasteiger partial charge is 0.465 e. The van der Waals surface area contributed by atoms with E-state index in [2.05, 4.69) is 6.58 Å². The van der Waals surface area contributed by atoms with Crippen LogP contribution in [0.5, 0.6) is 0 Å². The summed E-state index contributed by atoms with van der Waals surface area (Å²) < 4.78 is 10.4. The van der Waals surface area contributed by atoms with E-state index in [1.54, 1.807) is 7.05 Å². The molecule has 1 fully saturated rings. The first-order valence-electron chi connectivity index (χ1n) is 8.17. The van der Waals surface area contributed by atoms with Crippen molar-refractivity contribution >= 4 is 12.1 Å². The topological polar surface area (TPSA) is 52.6 Å². The minimum absolute atomic E-state index is 0.0456. The lowest BCUT2D eigenvalue weighted by atomic mass is 9.93. The fourth-order valence-corrected chi connectivity index (χ4v) is 3.48. The molecule has 0 radical (unpaired) electrons. The van der Waals surface area contributed by atoms with Gasteiger partial charge in [0.1, 0.15) is 6.61 Å². The van der Waals surface area contributed by atoms with Crippen molar-refractivity contribution in [1.82, 2.24) is 0 Å². The molecule has 1 aliphatic rings. The quantitative estimate of drug-likeness (QED) is 0.472. The first kappa shape index (κ1) is 18.2. The van der Waals surface area contributed by atoms with Crippen molar-refractivity contribution in [3.8, 4) is 0 Å². The summed E-state index contributed by atoms with van der Waals surface area (Å²) in [6.45, 7) is 6.63. The third-order valence-corrected chi connectivity index (χ3v) is 4.70. The molecular weight excluding hydrogens is 306 g/mol. The summed E-state index contributed by atoms with van der Waals surface area (Å²) in [5.41, 5.74) is 1.92. The molecule has 5 nitrogen and oxygen atoms in total. The van der Waals surface area contributed by atoms with Crippen molar-refractivity contribution in [2.24, 2.45) is 5.92 Å². The molecule has 24 heavy (non-hydrogen) atoms. The number of hydrogen-bond donors (Lipinski definition) is 0. The Labute approximate surface area is 143 Å². The molecular formula is C19H26NO4+. The fraction of sp³-hybridized carbons (Fsp3) is 0.474. The highest BCUT2D eigenvalue weighted by molar-refractivity contribution is 5.78. The van der Waals surface area contributed by atoms with Crippen molar-refractivity contribution < 1.29 is 23.5 Å². The summed E-state index contributed by atoms with van der Waals surface area (Å²) in [6.07, 6.45) is 1.09. The highest BCUT2D eigenvalue weighted by Gasteiger charge is 2.56. The fourth-order valence-electron chi connectivity index (χ4n) is 3.48. The Morgan fingerprint density at radius 1 is 1.29 bits per heavy atom. The largest absolute Gasteiger partial charge is 0.516 e. The third-order valence-electron chi connectivity index (χ3n) is 4.70. The number of allylic oxidation sites excluding steroid dienone is 1. The molecule has 0 saturated carbocycles. The monoisotopic (exact) mass is 332 g/mol. The van der Waals surface area contributed by atoms with Gasteiger partial charge < -0.3 is 9.47 Å². The number of hydrogen-bond acceptors (Lipinski definition) is 4. The summed E-state index contributed by atoms with van der Waals surface area (Å²) >= 11 is 0. The van der Waals surface area contributed by atoms with Gasteiger partial charge in [-0.15, -0.1) is 6.58 Å². The maximum absolute atomic E-state index is 12.7. The molecule has 0 N–H and O–H groups in total. The minimum atomic E-state index is -0.546. The molecule has 2 rings (SSSR count). The predicted octanol–water partition coefficient (Wildman–Crippen LogP) is 3.30. The van der Waals surface area contributed by atoms with E-state index in [1.807, 2.05) is 37.3 Å². The third kappa shape index (κ3) is 3.85. The van der Waals surface area contributed by atoms with Crippen molar-refractivity contribution in [1.29, 1.82) is 0 Å². The second kappa shape index (κ2) is 7.62. The predicted molar refractivity (Wildman–Crippen MR) is 91.0 cm³/mol. The normalized spacial score (nSPS) is 26.0. The Bertz CT molecular complexity index is 613. The van der Waals surface area contributed by atoms with Crippen LogP contribution in [0.25, 0.3) is 0 Å². The van der Waals surface area contributed by atoms with Crippen LogP contribution in [0, 0.1) is 5.92 Å². The number of amides is 1. The lowest BCUT2D eigenvalue weighted by Crippen LogP contribution is -2.57. The van der Waals surface area contributed by atoms with Crippen LogP contribution in [0.1, 0.15) is 25.3 Å². The summed E-state index contributed by atoms with van der Waals surface area (Å²) in [7, 11) is 3.12. The molecule has 130 valence electrons. The highest BCUT2D eigenvalue weighted by atomic mass is 16.6. The highest BCUT2D eigenvalue weighted by Crippen LogP contribution is 2.36. The van der Waals surface area contributed by atoms with Gasteiger partial charge in [-0.1, -0.05) is 35.9 Å². The van der Waals surface area contributed by atoms with Crippen LogP contribution >= 0.6 is 0 Å². The first-order valence-corrected chi connectivity index (χ1v) is 8.17. The van der Waals surface area contributed by atoms with Gasteiger partial charge in [0, 0.05) is 12.3 Å². The van der Waals surface area contributed by atoms with Gasteiger partial charge in [0.15, 0.2) is 0 Å². The average molecular weight is 332 g/mol. The summed E-state index contributed by atoms with van der Waals surface area (Å²) in [4.78, 5) is 25.0. The molecule has 1 heterocycles. The zero-order chi connectivity index (χ0) is 17.7. The average Bonchev–Trinajstić information content (AvgIpc) is 2.90. The van der Waals surface area contributed by atoms with Gasteiger partial charge in [-0.05, 0) is 18.9 Å². The van der Waals surface area contributed by atoms with E-state index < -0.39 is 12.1 Å².